The van der Waals surface area contributed by atoms with Gasteiger partial charge in [-0.05, 0) is 77.5 Å². The molecule has 4 nitrogen and oxygen atoms in total. The van der Waals surface area contributed by atoms with Crippen molar-refractivity contribution in [3.8, 4) is 5.75 Å². The molecule has 1 N–H and O–H groups in total. The van der Waals surface area contributed by atoms with Crippen LogP contribution in [0.15, 0.2) is 30.3 Å². The number of aliphatic carboxylic acids is 1. The number of carbonyl (C=O) groups excluding carboxylic acids is 1. The van der Waals surface area contributed by atoms with E-state index in [0.29, 0.717) is 16.9 Å². The molecule has 2 aromatic rings. The van der Waals surface area contributed by atoms with Crippen LogP contribution in [0.1, 0.15) is 78.7 Å². The highest BCUT2D eigenvalue weighted by Gasteiger charge is 2.39. The summed E-state index contributed by atoms with van der Waals surface area (Å²) in [5.41, 5.74) is 5.59. The second kappa shape index (κ2) is 7.33. The molecule has 0 amide bonds. The molecule has 3 rings (SSSR count). The van der Waals surface area contributed by atoms with Gasteiger partial charge in [-0.15, -0.1) is 0 Å². The quantitative estimate of drug-likeness (QED) is 0.549. The maximum atomic E-state index is 13.0. The van der Waals surface area contributed by atoms with Crippen molar-refractivity contribution < 1.29 is 19.4 Å². The third-order valence-corrected chi connectivity index (χ3v) is 6.28. The standard InChI is InChI=1S/C25H30O4/c1-15-7-8-17(14-21(26)27)13-20(15)29-23(28)18-9-10-19-22(16(18)2)25(5,6)12-11-24(19,3)4/h7-10,13H,11-12,14H2,1-6H3,(H,26,27). The van der Waals surface area contributed by atoms with Crippen LogP contribution in [0, 0.1) is 13.8 Å². The van der Waals surface area contributed by atoms with Crippen LogP contribution in [0.5, 0.6) is 5.75 Å². The van der Waals surface area contributed by atoms with E-state index < -0.39 is 11.9 Å². The first-order valence-corrected chi connectivity index (χ1v) is 10.1. The van der Waals surface area contributed by atoms with Crippen molar-refractivity contribution in [2.45, 2.75) is 71.6 Å². The number of hydrogen-bond donors (Lipinski definition) is 1. The molecule has 0 heterocycles. The third kappa shape index (κ3) is 4.07. The van der Waals surface area contributed by atoms with Gasteiger partial charge in [0.1, 0.15) is 5.75 Å². The van der Waals surface area contributed by atoms with Gasteiger partial charge in [-0.25, -0.2) is 4.79 Å². The fraction of sp³-hybridized carbons (Fsp3) is 0.440. The summed E-state index contributed by atoms with van der Waals surface area (Å²) < 4.78 is 5.71. The molecule has 154 valence electrons. The molecule has 0 aromatic heterocycles. The summed E-state index contributed by atoms with van der Waals surface area (Å²) in [6.07, 6.45) is 2.08. The van der Waals surface area contributed by atoms with E-state index in [0.717, 1.165) is 24.0 Å². The number of carbonyl (C=O) groups is 2. The lowest BCUT2D eigenvalue weighted by atomic mass is 9.61. The normalized spacial score (nSPS) is 16.8. The van der Waals surface area contributed by atoms with Crippen LogP contribution in [0.25, 0.3) is 0 Å². The molecular weight excluding hydrogens is 364 g/mol. The maximum absolute atomic E-state index is 13.0. The molecular formula is C25H30O4. The Kier molecular flexibility index (Phi) is 5.33. The van der Waals surface area contributed by atoms with Crippen LogP contribution in [0.4, 0.5) is 0 Å². The zero-order chi connectivity index (χ0) is 21.6. The van der Waals surface area contributed by atoms with E-state index in [1.165, 1.54) is 11.1 Å². The maximum Gasteiger partial charge on any atom is 0.343 e. The van der Waals surface area contributed by atoms with Crippen molar-refractivity contribution in [3.05, 3.63) is 63.7 Å². The Morgan fingerprint density at radius 3 is 2.31 bits per heavy atom. The van der Waals surface area contributed by atoms with E-state index in [-0.39, 0.29) is 17.3 Å². The van der Waals surface area contributed by atoms with Gasteiger partial charge in [0.2, 0.25) is 0 Å². The smallest absolute Gasteiger partial charge is 0.343 e. The number of carboxylic acids is 1. The second-order valence-electron chi connectivity index (χ2n) is 9.49. The summed E-state index contributed by atoms with van der Waals surface area (Å²) in [7, 11) is 0. The zero-order valence-corrected chi connectivity index (χ0v) is 18.2. The highest BCUT2D eigenvalue weighted by atomic mass is 16.5. The third-order valence-electron chi connectivity index (χ3n) is 6.28. The van der Waals surface area contributed by atoms with Crippen molar-refractivity contribution in [2.75, 3.05) is 0 Å². The van der Waals surface area contributed by atoms with Crippen molar-refractivity contribution >= 4 is 11.9 Å². The Morgan fingerprint density at radius 1 is 1.00 bits per heavy atom. The van der Waals surface area contributed by atoms with Crippen LogP contribution in [-0.2, 0) is 22.0 Å². The van der Waals surface area contributed by atoms with Crippen molar-refractivity contribution in [3.63, 3.8) is 0 Å². The molecule has 0 unspecified atom stereocenters. The number of esters is 1. The Hall–Kier alpha value is -2.62. The number of benzene rings is 2. The van der Waals surface area contributed by atoms with Crippen molar-refractivity contribution in [1.82, 2.24) is 0 Å². The number of fused-ring (bicyclic) bond motifs is 1. The van der Waals surface area contributed by atoms with E-state index in [1.807, 2.05) is 19.9 Å². The highest BCUT2D eigenvalue weighted by molar-refractivity contribution is 5.93. The molecule has 1 aliphatic carbocycles. The van der Waals surface area contributed by atoms with E-state index in [2.05, 4.69) is 33.8 Å². The van der Waals surface area contributed by atoms with Gasteiger partial charge in [0.25, 0.3) is 0 Å². The van der Waals surface area contributed by atoms with E-state index in [4.69, 9.17) is 9.84 Å². The predicted molar refractivity (Wildman–Crippen MR) is 114 cm³/mol. The van der Waals surface area contributed by atoms with E-state index in [1.54, 1.807) is 18.2 Å². The number of rotatable bonds is 4. The summed E-state index contributed by atoms with van der Waals surface area (Å²) in [5, 5.41) is 9.02. The van der Waals surface area contributed by atoms with Crippen molar-refractivity contribution in [1.29, 1.82) is 0 Å². The minimum Gasteiger partial charge on any atom is -0.481 e. The fourth-order valence-electron chi connectivity index (χ4n) is 4.45. The van der Waals surface area contributed by atoms with Crippen LogP contribution in [0.2, 0.25) is 0 Å². The van der Waals surface area contributed by atoms with Gasteiger partial charge in [0, 0.05) is 0 Å². The monoisotopic (exact) mass is 394 g/mol. The molecule has 0 atom stereocenters. The predicted octanol–water partition coefficient (Wildman–Crippen LogP) is 5.50. The fourth-order valence-corrected chi connectivity index (χ4v) is 4.45. The van der Waals surface area contributed by atoms with E-state index >= 15 is 0 Å². The summed E-state index contributed by atoms with van der Waals surface area (Å²) in [5.74, 6) is -0.910. The summed E-state index contributed by atoms with van der Waals surface area (Å²) >= 11 is 0. The van der Waals surface area contributed by atoms with E-state index in [9.17, 15) is 9.59 Å². The Morgan fingerprint density at radius 2 is 1.66 bits per heavy atom. The molecule has 0 fully saturated rings. The highest BCUT2D eigenvalue weighted by Crippen LogP contribution is 2.47. The number of aryl methyl sites for hydroxylation is 1. The summed E-state index contributed by atoms with van der Waals surface area (Å²) in [4.78, 5) is 24.0. The first-order chi connectivity index (χ1) is 13.4. The van der Waals surface area contributed by atoms with Gasteiger partial charge in [0.05, 0.1) is 12.0 Å². The van der Waals surface area contributed by atoms with Crippen LogP contribution in [0.3, 0.4) is 0 Å². The molecule has 0 saturated carbocycles. The first-order valence-electron chi connectivity index (χ1n) is 10.1. The summed E-state index contributed by atoms with van der Waals surface area (Å²) in [6.45, 7) is 12.8. The molecule has 0 saturated heterocycles. The van der Waals surface area contributed by atoms with Crippen LogP contribution < -0.4 is 4.74 Å². The molecule has 1 aliphatic rings. The van der Waals surface area contributed by atoms with Gasteiger partial charge >= 0.3 is 11.9 Å². The first kappa shape index (κ1) is 21.1. The molecule has 0 bridgehead atoms. The van der Waals surface area contributed by atoms with Gasteiger partial charge in [-0.2, -0.15) is 0 Å². The average molecular weight is 395 g/mol. The van der Waals surface area contributed by atoms with Gasteiger partial charge < -0.3 is 9.84 Å². The van der Waals surface area contributed by atoms with Crippen molar-refractivity contribution in [2.24, 2.45) is 0 Å². The molecule has 29 heavy (non-hydrogen) atoms. The van der Waals surface area contributed by atoms with Crippen LogP contribution in [-0.4, -0.2) is 17.0 Å². The van der Waals surface area contributed by atoms with Gasteiger partial charge in [-0.1, -0.05) is 45.9 Å². The summed E-state index contributed by atoms with van der Waals surface area (Å²) in [6, 6.07) is 9.12. The lowest BCUT2D eigenvalue weighted by molar-refractivity contribution is -0.136. The Bertz CT molecular complexity index is 983. The number of carboxylic acid groups (broad SMARTS) is 1. The molecule has 0 radical (unpaired) electrons. The average Bonchev–Trinajstić information content (AvgIpc) is 2.61. The molecule has 4 heteroatoms. The second-order valence-corrected chi connectivity index (χ2v) is 9.49. The van der Waals surface area contributed by atoms with Crippen LogP contribution >= 0.6 is 0 Å². The SMILES string of the molecule is Cc1ccc(CC(=O)O)cc1OC(=O)c1ccc2c(c1C)C(C)(C)CCC2(C)C. The lowest BCUT2D eigenvalue weighted by Gasteiger charge is -2.43. The number of hydrogen-bond acceptors (Lipinski definition) is 3. The lowest BCUT2D eigenvalue weighted by Crippen LogP contribution is -2.35. The largest absolute Gasteiger partial charge is 0.481 e. The Labute approximate surface area is 172 Å². The topological polar surface area (TPSA) is 63.6 Å². The molecule has 0 spiro atoms. The van der Waals surface area contributed by atoms with Gasteiger partial charge in [0.15, 0.2) is 0 Å². The molecule has 0 aliphatic heterocycles. The number of ether oxygens (including phenoxy) is 1. The Balaban J connectivity index is 1.99. The zero-order valence-electron chi connectivity index (χ0n) is 18.2. The molecule has 2 aromatic carbocycles. The minimum absolute atomic E-state index is 0.00253. The minimum atomic E-state index is -0.915. The van der Waals surface area contributed by atoms with Gasteiger partial charge in [-0.3, -0.25) is 4.79 Å².